The summed E-state index contributed by atoms with van der Waals surface area (Å²) in [5.74, 6) is 1.94. The first-order chi connectivity index (χ1) is 17.2. The fourth-order valence-corrected chi connectivity index (χ4v) is 3.91. The summed E-state index contributed by atoms with van der Waals surface area (Å²) >= 11 is 0. The van der Waals surface area contributed by atoms with E-state index >= 15 is 0 Å². The Balaban J connectivity index is 1.77. The normalized spacial score (nSPS) is 15.0. The number of nitrogens with zero attached hydrogens (tertiary/aromatic N) is 7. The van der Waals surface area contributed by atoms with Crippen molar-refractivity contribution in [1.29, 1.82) is 0 Å². The molecule has 0 aliphatic carbocycles. The van der Waals surface area contributed by atoms with Crippen LogP contribution in [-0.4, -0.2) is 88.9 Å². The van der Waals surface area contributed by atoms with Gasteiger partial charge in [-0.3, -0.25) is 4.68 Å². The Hall–Kier alpha value is -2.93. The Labute approximate surface area is 205 Å². The molecule has 1 atom stereocenters. The minimum atomic E-state index is -0.274. The van der Waals surface area contributed by atoms with Crippen LogP contribution in [0.4, 0.5) is 17.6 Å². The average molecular weight is 486 g/mol. The summed E-state index contributed by atoms with van der Waals surface area (Å²) in [6, 6.07) is 1.81. The van der Waals surface area contributed by atoms with Gasteiger partial charge in [-0.15, -0.1) is 0 Å². The molecule has 4 rings (SSSR count). The summed E-state index contributed by atoms with van der Waals surface area (Å²) in [6.07, 6.45) is 2.92. The number of piperazine rings is 1. The molecular weight excluding hydrogens is 450 g/mol. The Kier molecular flexibility index (Phi) is 9.12. The van der Waals surface area contributed by atoms with Crippen LogP contribution in [0, 0.1) is 0 Å². The molecule has 1 saturated heterocycles. The highest BCUT2D eigenvalue weighted by Gasteiger charge is 2.25. The molecule has 1 aliphatic rings. The van der Waals surface area contributed by atoms with Crippen LogP contribution in [0.1, 0.15) is 32.6 Å². The van der Waals surface area contributed by atoms with Gasteiger partial charge in [0, 0.05) is 45.6 Å². The topological polar surface area (TPSA) is 124 Å². The van der Waals surface area contributed by atoms with E-state index in [4.69, 9.17) is 29.3 Å². The SMILES string of the molecule is CCOCCOC(C)c1nn(CCOCC)c2c(Nc3ccncn3)nc(N3CCNCC3)nc12. The molecule has 35 heavy (non-hydrogen) atoms. The summed E-state index contributed by atoms with van der Waals surface area (Å²) in [4.78, 5) is 20.4. The number of rotatable bonds is 13. The number of ether oxygens (including phenoxy) is 3. The first kappa shape index (κ1) is 25.2. The van der Waals surface area contributed by atoms with Crippen molar-refractivity contribution in [3.05, 3.63) is 24.3 Å². The summed E-state index contributed by atoms with van der Waals surface area (Å²) in [6.45, 7) is 12.7. The molecule has 2 N–H and O–H groups in total. The first-order valence-corrected chi connectivity index (χ1v) is 12.3. The smallest absolute Gasteiger partial charge is 0.228 e. The summed E-state index contributed by atoms with van der Waals surface area (Å²) in [7, 11) is 0. The molecule has 3 aromatic heterocycles. The molecule has 4 heterocycles. The van der Waals surface area contributed by atoms with Crippen molar-refractivity contribution in [2.75, 3.05) is 69.4 Å². The molecule has 0 aromatic carbocycles. The summed E-state index contributed by atoms with van der Waals surface area (Å²) in [5, 5.41) is 11.7. The van der Waals surface area contributed by atoms with Gasteiger partial charge < -0.3 is 29.7 Å². The molecule has 0 bridgehead atoms. The Bertz CT molecular complexity index is 1060. The van der Waals surface area contributed by atoms with Gasteiger partial charge in [-0.1, -0.05) is 0 Å². The zero-order valence-corrected chi connectivity index (χ0v) is 20.7. The van der Waals surface area contributed by atoms with E-state index in [1.807, 2.05) is 25.5 Å². The van der Waals surface area contributed by atoms with E-state index in [0.29, 0.717) is 57.2 Å². The van der Waals surface area contributed by atoms with Crippen LogP contribution >= 0.6 is 0 Å². The van der Waals surface area contributed by atoms with Crippen LogP contribution in [0.2, 0.25) is 0 Å². The second-order valence-electron chi connectivity index (χ2n) is 8.04. The second kappa shape index (κ2) is 12.7. The van der Waals surface area contributed by atoms with E-state index in [1.165, 1.54) is 6.33 Å². The number of aromatic nitrogens is 6. The Morgan fingerprint density at radius 3 is 2.63 bits per heavy atom. The maximum absolute atomic E-state index is 6.06. The van der Waals surface area contributed by atoms with E-state index in [1.54, 1.807) is 12.3 Å². The van der Waals surface area contributed by atoms with Gasteiger partial charge in [0.1, 0.15) is 35.0 Å². The minimum absolute atomic E-state index is 0.274. The van der Waals surface area contributed by atoms with E-state index in [0.717, 1.165) is 42.9 Å². The molecule has 0 amide bonds. The highest BCUT2D eigenvalue weighted by Crippen LogP contribution is 2.32. The summed E-state index contributed by atoms with van der Waals surface area (Å²) < 4.78 is 19.0. The number of hydrogen-bond donors (Lipinski definition) is 2. The second-order valence-corrected chi connectivity index (χ2v) is 8.04. The van der Waals surface area contributed by atoms with Crippen molar-refractivity contribution in [3.63, 3.8) is 0 Å². The highest BCUT2D eigenvalue weighted by atomic mass is 16.5. The lowest BCUT2D eigenvalue weighted by atomic mass is 10.2. The maximum atomic E-state index is 6.06. The molecule has 190 valence electrons. The van der Waals surface area contributed by atoms with Crippen LogP contribution in [-0.2, 0) is 20.8 Å². The van der Waals surface area contributed by atoms with Gasteiger partial charge >= 0.3 is 0 Å². The lowest BCUT2D eigenvalue weighted by molar-refractivity contribution is 0.0131. The summed E-state index contributed by atoms with van der Waals surface area (Å²) in [5.41, 5.74) is 2.31. The Morgan fingerprint density at radius 2 is 1.89 bits per heavy atom. The van der Waals surface area contributed by atoms with Crippen molar-refractivity contribution in [2.24, 2.45) is 0 Å². The zero-order chi connectivity index (χ0) is 24.5. The van der Waals surface area contributed by atoms with Crippen LogP contribution in [0.5, 0.6) is 0 Å². The lowest BCUT2D eigenvalue weighted by Crippen LogP contribution is -2.44. The van der Waals surface area contributed by atoms with Gasteiger partial charge in [0.15, 0.2) is 5.82 Å². The molecule has 3 aromatic rings. The van der Waals surface area contributed by atoms with E-state index < -0.39 is 0 Å². The first-order valence-electron chi connectivity index (χ1n) is 12.3. The van der Waals surface area contributed by atoms with Gasteiger partial charge in [0.2, 0.25) is 5.95 Å². The van der Waals surface area contributed by atoms with Crippen molar-refractivity contribution in [2.45, 2.75) is 33.4 Å². The van der Waals surface area contributed by atoms with Crippen LogP contribution in [0.15, 0.2) is 18.6 Å². The van der Waals surface area contributed by atoms with Crippen molar-refractivity contribution in [3.8, 4) is 0 Å². The number of nitrogens with one attached hydrogen (secondary N) is 2. The quantitative estimate of drug-likeness (QED) is 0.345. The standard InChI is InChI=1S/C23H35N9O3/c1-4-33-13-12-32-21-20(19(30-32)17(3)35-15-14-34-5-2)28-23(31-10-8-24-9-11-31)29-22(21)27-18-6-7-25-16-26-18/h6-7,16-17,24H,4-5,8-15H2,1-3H3,(H,25,26,27,28,29). The molecular formula is C23H35N9O3. The molecule has 0 radical (unpaired) electrons. The molecule has 1 aliphatic heterocycles. The van der Waals surface area contributed by atoms with Gasteiger partial charge in [-0.05, 0) is 26.8 Å². The number of anilines is 3. The van der Waals surface area contributed by atoms with Crippen LogP contribution in [0.25, 0.3) is 11.0 Å². The Morgan fingerprint density at radius 1 is 1.09 bits per heavy atom. The zero-order valence-electron chi connectivity index (χ0n) is 20.7. The molecule has 12 nitrogen and oxygen atoms in total. The van der Waals surface area contributed by atoms with Gasteiger partial charge in [0.05, 0.1) is 26.4 Å². The van der Waals surface area contributed by atoms with Crippen molar-refractivity contribution < 1.29 is 14.2 Å². The fourth-order valence-electron chi connectivity index (χ4n) is 3.91. The van der Waals surface area contributed by atoms with Gasteiger partial charge in [-0.2, -0.15) is 10.1 Å². The van der Waals surface area contributed by atoms with Crippen molar-refractivity contribution in [1.82, 2.24) is 35.0 Å². The minimum Gasteiger partial charge on any atom is -0.380 e. The molecule has 1 fully saturated rings. The largest absolute Gasteiger partial charge is 0.380 e. The molecule has 0 spiro atoms. The number of hydrogen-bond acceptors (Lipinski definition) is 11. The fraction of sp³-hybridized carbons (Fsp3) is 0.609. The monoisotopic (exact) mass is 485 g/mol. The van der Waals surface area contributed by atoms with E-state index in [2.05, 4.69) is 25.5 Å². The highest BCUT2D eigenvalue weighted by molar-refractivity contribution is 5.90. The third-order valence-electron chi connectivity index (χ3n) is 5.67. The van der Waals surface area contributed by atoms with Crippen LogP contribution < -0.4 is 15.5 Å². The van der Waals surface area contributed by atoms with Crippen LogP contribution in [0.3, 0.4) is 0 Å². The molecule has 12 heteroatoms. The lowest BCUT2D eigenvalue weighted by Gasteiger charge is -2.27. The number of fused-ring (bicyclic) bond motifs is 1. The van der Waals surface area contributed by atoms with Gasteiger partial charge in [0.25, 0.3) is 0 Å². The molecule has 1 unspecified atom stereocenters. The van der Waals surface area contributed by atoms with E-state index in [9.17, 15) is 0 Å². The predicted molar refractivity (Wildman–Crippen MR) is 133 cm³/mol. The molecule has 0 saturated carbocycles. The third kappa shape index (κ3) is 6.40. The average Bonchev–Trinajstić information content (AvgIpc) is 3.27. The van der Waals surface area contributed by atoms with Gasteiger partial charge in [-0.25, -0.2) is 15.0 Å². The third-order valence-corrected chi connectivity index (χ3v) is 5.67. The van der Waals surface area contributed by atoms with E-state index in [-0.39, 0.29) is 6.10 Å². The predicted octanol–water partition coefficient (Wildman–Crippen LogP) is 1.92. The maximum Gasteiger partial charge on any atom is 0.228 e. The van der Waals surface area contributed by atoms with Crippen molar-refractivity contribution >= 4 is 28.6 Å².